The van der Waals surface area contributed by atoms with Gasteiger partial charge < -0.3 is 19.7 Å². The Balaban J connectivity index is 1.74. The first-order valence-corrected chi connectivity index (χ1v) is 10.8. The van der Waals surface area contributed by atoms with Crippen LogP contribution in [0.5, 0.6) is 0 Å². The summed E-state index contributed by atoms with van der Waals surface area (Å²) in [6.45, 7) is 4.05. The van der Waals surface area contributed by atoms with Crippen LogP contribution in [0.25, 0.3) is 5.69 Å². The average Bonchev–Trinajstić information content (AvgIpc) is 3.33. The Morgan fingerprint density at radius 1 is 1.10 bits per heavy atom. The largest absolute Gasteiger partial charge is 0.352 e. The first-order chi connectivity index (χ1) is 14.5. The van der Waals surface area contributed by atoms with Crippen molar-refractivity contribution < 1.29 is 0 Å². The van der Waals surface area contributed by atoms with E-state index >= 15 is 0 Å². The van der Waals surface area contributed by atoms with E-state index in [0.717, 1.165) is 30.3 Å². The molecule has 1 saturated heterocycles. The fourth-order valence-corrected chi connectivity index (χ4v) is 4.51. The first-order valence-electron chi connectivity index (χ1n) is 10.4. The van der Waals surface area contributed by atoms with Crippen LogP contribution >= 0.6 is 12.2 Å². The van der Waals surface area contributed by atoms with Crippen LogP contribution in [0, 0.1) is 6.92 Å². The minimum absolute atomic E-state index is 0.0107. The quantitative estimate of drug-likeness (QED) is 0.584. The van der Waals surface area contributed by atoms with Crippen LogP contribution in [0.3, 0.4) is 0 Å². The van der Waals surface area contributed by atoms with Gasteiger partial charge in [0.25, 0.3) is 0 Å². The Kier molecular flexibility index (Phi) is 6.16. The molecule has 0 spiro atoms. The van der Waals surface area contributed by atoms with E-state index in [1.807, 2.05) is 18.3 Å². The van der Waals surface area contributed by atoms with Crippen LogP contribution < -0.4 is 5.32 Å². The van der Waals surface area contributed by atoms with E-state index in [1.165, 1.54) is 16.9 Å². The zero-order chi connectivity index (χ0) is 21.1. The minimum atomic E-state index is 0.0107. The van der Waals surface area contributed by atoms with Gasteiger partial charge in [-0.2, -0.15) is 0 Å². The van der Waals surface area contributed by atoms with Gasteiger partial charge in [0.05, 0.1) is 17.8 Å². The van der Waals surface area contributed by atoms with Crippen molar-refractivity contribution in [2.75, 3.05) is 27.2 Å². The molecule has 1 N–H and O–H groups in total. The van der Waals surface area contributed by atoms with Crippen LogP contribution in [-0.4, -0.2) is 51.6 Å². The van der Waals surface area contributed by atoms with Gasteiger partial charge in [0.2, 0.25) is 0 Å². The fraction of sp³-hybridized carbons (Fsp3) is 0.333. The van der Waals surface area contributed by atoms with Gasteiger partial charge in [0, 0.05) is 30.3 Å². The van der Waals surface area contributed by atoms with E-state index in [2.05, 4.69) is 94.3 Å². The van der Waals surface area contributed by atoms with Crippen molar-refractivity contribution in [1.82, 2.24) is 24.7 Å². The van der Waals surface area contributed by atoms with E-state index < -0.39 is 0 Å². The number of aryl methyl sites for hydroxylation is 1. The lowest BCUT2D eigenvalue weighted by Gasteiger charge is -2.29. The van der Waals surface area contributed by atoms with E-state index in [4.69, 9.17) is 12.2 Å². The van der Waals surface area contributed by atoms with Gasteiger partial charge in [-0.1, -0.05) is 18.2 Å². The number of thiocarbonyl (C=S) groups is 1. The molecule has 2 atom stereocenters. The molecule has 0 saturated carbocycles. The lowest BCUT2D eigenvalue weighted by atomic mass is 10.0. The Labute approximate surface area is 184 Å². The molecular weight excluding hydrogens is 390 g/mol. The number of rotatable bonds is 7. The Bertz CT molecular complexity index is 998. The second-order valence-electron chi connectivity index (χ2n) is 8.12. The normalized spacial score (nSPS) is 18.8. The summed E-state index contributed by atoms with van der Waals surface area (Å²) in [5.41, 5.74) is 4.64. The van der Waals surface area contributed by atoms with Crippen LogP contribution in [0.15, 0.2) is 67.0 Å². The molecule has 5 nitrogen and oxygen atoms in total. The topological polar surface area (TPSA) is 36.3 Å². The molecule has 1 aliphatic heterocycles. The molecule has 1 aromatic carbocycles. The molecular formula is C24H29N5S. The summed E-state index contributed by atoms with van der Waals surface area (Å²) >= 11 is 5.79. The summed E-state index contributed by atoms with van der Waals surface area (Å²) in [5, 5.41) is 4.35. The molecule has 0 aliphatic carbocycles. The van der Waals surface area contributed by atoms with Gasteiger partial charge in [-0.05, 0) is 88.2 Å². The molecule has 3 aromatic rings. The van der Waals surface area contributed by atoms with Gasteiger partial charge in [-0.25, -0.2) is 0 Å². The van der Waals surface area contributed by atoms with Crippen LogP contribution in [0.1, 0.15) is 35.5 Å². The Hall–Kier alpha value is -2.70. The van der Waals surface area contributed by atoms with Crippen LogP contribution in [0.2, 0.25) is 0 Å². The number of nitrogens with one attached hydrogen (secondary N) is 1. The number of hydrogen-bond donors (Lipinski definition) is 1. The van der Waals surface area contributed by atoms with Crippen molar-refractivity contribution in [3.8, 4) is 5.69 Å². The van der Waals surface area contributed by atoms with Crippen molar-refractivity contribution in [2.24, 2.45) is 0 Å². The highest BCUT2D eigenvalue weighted by atomic mass is 32.1. The number of hydrogen-bond acceptors (Lipinski definition) is 3. The number of benzene rings is 1. The predicted molar refractivity (Wildman–Crippen MR) is 126 cm³/mol. The van der Waals surface area contributed by atoms with Crippen molar-refractivity contribution in [3.05, 3.63) is 83.9 Å². The summed E-state index contributed by atoms with van der Waals surface area (Å²) in [4.78, 5) is 9.20. The molecule has 0 radical (unpaired) electrons. The maximum atomic E-state index is 5.79. The Morgan fingerprint density at radius 2 is 1.97 bits per heavy atom. The molecule has 0 bridgehead atoms. The highest BCUT2D eigenvalue weighted by Gasteiger charge is 2.40. The van der Waals surface area contributed by atoms with Crippen LogP contribution in [-0.2, 0) is 0 Å². The van der Waals surface area contributed by atoms with Crippen molar-refractivity contribution in [2.45, 2.75) is 25.4 Å². The second kappa shape index (κ2) is 8.98. The molecule has 0 unspecified atom stereocenters. The summed E-state index contributed by atoms with van der Waals surface area (Å²) in [6.07, 6.45) is 5.04. The molecule has 156 valence electrons. The van der Waals surface area contributed by atoms with Crippen LogP contribution in [0.4, 0.5) is 0 Å². The summed E-state index contributed by atoms with van der Waals surface area (Å²) < 4.78 is 2.28. The van der Waals surface area contributed by atoms with Crippen molar-refractivity contribution in [3.63, 3.8) is 0 Å². The van der Waals surface area contributed by atoms with Gasteiger partial charge in [-0.15, -0.1) is 0 Å². The zero-order valence-corrected chi connectivity index (χ0v) is 18.6. The molecule has 0 amide bonds. The molecule has 1 aliphatic rings. The smallest absolute Gasteiger partial charge is 0.170 e. The second-order valence-corrected chi connectivity index (χ2v) is 8.51. The maximum absolute atomic E-state index is 5.79. The third-order valence-corrected chi connectivity index (χ3v) is 5.92. The fourth-order valence-electron chi connectivity index (χ4n) is 4.17. The molecule has 2 aromatic heterocycles. The van der Waals surface area contributed by atoms with Gasteiger partial charge in [0.1, 0.15) is 0 Å². The summed E-state index contributed by atoms with van der Waals surface area (Å²) in [7, 11) is 4.22. The first kappa shape index (κ1) is 20.6. The maximum Gasteiger partial charge on any atom is 0.170 e. The summed E-state index contributed by atoms with van der Waals surface area (Å²) in [5.74, 6) is 0. The van der Waals surface area contributed by atoms with Crippen molar-refractivity contribution >= 4 is 17.3 Å². The molecule has 3 heterocycles. The predicted octanol–water partition coefficient (Wildman–Crippen LogP) is 4.10. The molecule has 6 heteroatoms. The highest BCUT2D eigenvalue weighted by molar-refractivity contribution is 7.80. The van der Waals surface area contributed by atoms with E-state index in [0.29, 0.717) is 0 Å². The van der Waals surface area contributed by atoms with Gasteiger partial charge in [-0.3, -0.25) is 4.98 Å². The van der Waals surface area contributed by atoms with Crippen molar-refractivity contribution in [1.29, 1.82) is 0 Å². The van der Waals surface area contributed by atoms with E-state index in [9.17, 15) is 0 Å². The molecule has 1 fully saturated rings. The van der Waals surface area contributed by atoms with E-state index in [-0.39, 0.29) is 12.1 Å². The number of nitrogens with zero attached hydrogens (tertiary/aromatic N) is 4. The van der Waals surface area contributed by atoms with Gasteiger partial charge in [0.15, 0.2) is 5.11 Å². The lowest BCUT2D eigenvalue weighted by molar-refractivity contribution is 0.286. The number of aromatic nitrogens is 2. The third-order valence-electron chi connectivity index (χ3n) is 5.57. The summed E-state index contributed by atoms with van der Waals surface area (Å²) in [6, 6.07) is 19.1. The Morgan fingerprint density at radius 3 is 2.70 bits per heavy atom. The average molecular weight is 420 g/mol. The van der Waals surface area contributed by atoms with Gasteiger partial charge >= 0.3 is 0 Å². The SMILES string of the molecule is Cc1cccc(-n2cccc2[C@H]2[C@H](c3ccccn3)NC(=S)N2CCCN(C)C)c1. The minimum Gasteiger partial charge on any atom is -0.352 e. The highest BCUT2D eigenvalue weighted by Crippen LogP contribution is 2.39. The zero-order valence-electron chi connectivity index (χ0n) is 17.8. The number of pyridine rings is 1. The lowest BCUT2D eigenvalue weighted by Crippen LogP contribution is -2.33. The standard InChI is InChI=1S/C24H29N5S/c1-18-9-6-10-19(17-18)28-15-7-12-21(28)23-22(20-11-4-5-13-25-20)26-24(30)29(23)16-8-14-27(2)3/h4-7,9-13,15,17,22-23H,8,14,16H2,1-3H3,(H,26,30)/t22-,23-/m0/s1. The monoisotopic (exact) mass is 419 g/mol. The van der Waals surface area contributed by atoms with E-state index in [1.54, 1.807) is 0 Å². The molecule has 30 heavy (non-hydrogen) atoms. The third kappa shape index (κ3) is 4.25. The molecule has 4 rings (SSSR count).